The maximum absolute atomic E-state index is 12.0. The van der Waals surface area contributed by atoms with Gasteiger partial charge in [-0.05, 0) is 30.4 Å². The molecular weight excluding hydrogens is 248 g/mol. The van der Waals surface area contributed by atoms with Gasteiger partial charge in [-0.3, -0.25) is 20.8 Å². The highest BCUT2D eigenvalue weighted by Crippen LogP contribution is 2.37. The van der Waals surface area contributed by atoms with Gasteiger partial charge in [-0.1, -0.05) is 13.0 Å². The minimum absolute atomic E-state index is 0.0220. The molecule has 0 spiro atoms. The summed E-state index contributed by atoms with van der Waals surface area (Å²) < 4.78 is 0. The van der Waals surface area contributed by atoms with Gasteiger partial charge in [0.15, 0.2) is 0 Å². The van der Waals surface area contributed by atoms with Gasteiger partial charge in [0.05, 0.1) is 4.92 Å². The number of hydrogen-bond acceptors (Lipinski definition) is 5. The molecule has 7 heteroatoms. The van der Waals surface area contributed by atoms with Gasteiger partial charge >= 0.3 is 5.69 Å². The van der Waals surface area contributed by atoms with Crippen molar-refractivity contribution < 1.29 is 9.72 Å². The summed E-state index contributed by atoms with van der Waals surface area (Å²) in [4.78, 5) is 22.4. The van der Waals surface area contributed by atoms with Crippen molar-refractivity contribution in [1.82, 2.24) is 5.32 Å². The molecule has 1 fully saturated rings. The molecule has 0 bridgehead atoms. The maximum Gasteiger partial charge on any atom is 0.306 e. The Morgan fingerprint density at radius 3 is 2.79 bits per heavy atom. The summed E-state index contributed by atoms with van der Waals surface area (Å²) in [6, 6.07) is 4.43. The molecule has 0 saturated heterocycles. The van der Waals surface area contributed by atoms with Gasteiger partial charge in [-0.25, -0.2) is 0 Å². The van der Waals surface area contributed by atoms with Gasteiger partial charge in [0.25, 0.3) is 5.91 Å². The van der Waals surface area contributed by atoms with Crippen LogP contribution in [-0.2, 0) is 0 Å². The van der Waals surface area contributed by atoms with E-state index in [1.165, 1.54) is 12.1 Å². The number of hydrazine groups is 1. The number of benzene rings is 1. The highest BCUT2D eigenvalue weighted by Gasteiger charge is 2.33. The van der Waals surface area contributed by atoms with Crippen LogP contribution in [0.3, 0.4) is 0 Å². The summed E-state index contributed by atoms with van der Waals surface area (Å²) in [7, 11) is 0. The SMILES string of the molecule is CC1CC1CNC(=O)c1cccc(NN)c1[N+](=O)[O-]. The standard InChI is InChI=1S/C12H16N4O3/c1-7-5-8(7)6-14-12(17)9-3-2-4-10(15-13)11(9)16(18)19/h2-4,7-8,15H,5-6,13H2,1H3,(H,14,17). The van der Waals surface area contributed by atoms with Crippen LogP contribution in [-0.4, -0.2) is 17.4 Å². The van der Waals surface area contributed by atoms with E-state index in [1.54, 1.807) is 6.07 Å². The van der Waals surface area contributed by atoms with Crippen LogP contribution in [0, 0.1) is 22.0 Å². The zero-order valence-corrected chi connectivity index (χ0v) is 10.6. The molecule has 0 radical (unpaired) electrons. The quantitative estimate of drug-likeness (QED) is 0.421. The Kier molecular flexibility index (Phi) is 3.66. The molecule has 4 N–H and O–H groups in total. The summed E-state index contributed by atoms with van der Waals surface area (Å²) in [6.07, 6.45) is 1.09. The number of nitrogens with zero attached hydrogens (tertiary/aromatic N) is 1. The van der Waals surface area contributed by atoms with Gasteiger partial charge in [0.2, 0.25) is 0 Å². The minimum atomic E-state index is -0.607. The normalized spacial score (nSPS) is 20.7. The Morgan fingerprint density at radius 2 is 2.26 bits per heavy atom. The molecule has 1 saturated carbocycles. The second kappa shape index (κ2) is 5.23. The number of carbonyl (C=O) groups is 1. The molecule has 2 atom stereocenters. The topological polar surface area (TPSA) is 110 Å². The first-order valence-electron chi connectivity index (χ1n) is 6.06. The van der Waals surface area contributed by atoms with E-state index in [0.29, 0.717) is 18.4 Å². The third kappa shape index (κ3) is 2.82. The van der Waals surface area contributed by atoms with Gasteiger partial charge in [0.1, 0.15) is 11.3 Å². The summed E-state index contributed by atoms with van der Waals surface area (Å²) in [5, 5.41) is 13.8. The Balaban J connectivity index is 2.18. The van der Waals surface area contributed by atoms with Crippen LogP contribution in [0.15, 0.2) is 18.2 Å². The van der Waals surface area contributed by atoms with Crippen molar-refractivity contribution in [3.05, 3.63) is 33.9 Å². The molecule has 1 aromatic rings. The summed E-state index contributed by atoms with van der Waals surface area (Å²) in [6.45, 7) is 2.66. The number of anilines is 1. The number of hydrogen-bond donors (Lipinski definition) is 3. The largest absolute Gasteiger partial charge is 0.352 e. The molecule has 2 unspecified atom stereocenters. The van der Waals surface area contributed by atoms with Crippen LogP contribution in [0.1, 0.15) is 23.7 Å². The van der Waals surface area contributed by atoms with Crippen molar-refractivity contribution in [1.29, 1.82) is 0 Å². The highest BCUT2D eigenvalue weighted by atomic mass is 16.6. The van der Waals surface area contributed by atoms with Gasteiger partial charge < -0.3 is 10.7 Å². The summed E-state index contributed by atoms with van der Waals surface area (Å²) >= 11 is 0. The number of nitro groups is 1. The van der Waals surface area contributed by atoms with Crippen LogP contribution in [0.25, 0.3) is 0 Å². The van der Waals surface area contributed by atoms with Crippen molar-refractivity contribution in [2.24, 2.45) is 17.7 Å². The van der Waals surface area contributed by atoms with Crippen LogP contribution >= 0.6 is 0 Å². The number of para-hydroxylation sites is 1. The summed E-state index contributed by atoms with van der Waals surface area (Å²) in [5.41, 5.74) is 2.08. The molecule has 0 aliphatic heterocycles. The fraction of sp³-hybridized carbons (Fsp3) is 0.417. The molecule has 1 amide bonds. The molecule has 1 aliphatic carbocycles. The zero-order valence-electron chi connectivity index (χ0n) is 10.6. The fourth-order valence-corrected chi connectivity index (χ4v) is 2.04. The number of nitrogens with two attached hydrogens (primary N) is 1. The van der Waals surface area contributed by atoms with Crippen LogP contribution in [0.2, 0.25) is 0 Å². The van der Waals surface area contributed by atoms with Gasteiger partial charge in [0, 0.05) is 6.54 Å². The third-order valence-electron chi connectivity index (χ3n) is 3.42. The van der Waals surface area contributed by atoms with E-state index < -0.39 is 10.8 Å². The minimum Gasteiger partial charge on any atom is -0.352 e. The highest BCUT2D eigenvalue weighted by molar-refractivity contribution is 6.00. The first-order valence-corrected chi connectivity index (χ1v) is 6.06. The second-order valence-electron chi connectivity index (χ2n) is 4.79. The lowest BCUT2D eigenvalue weighted by Crippen LogP contribution is -2.27. The fourth-order valence-electron chi connectivity index (χ4n) is 2.04. The average Bonchev–Trinajstić information content (AvgIpc) is 3.10. The van der Waals surface area contributed by atoms with E-state index in [2.05, 4.69) is 17.7 Å². The Labute approximate surface area is 110 Å². The molecule has 0 aromatic heterocycles. The Hall–Kier alpha value is -2.15. The van der Waals surface area contributed by atoms with Gasteiger partial charge in [-0.2, -0.15) is 0 Å². The monoisotopic (exact) mass is 264 g/mol. The third-order valence-corrected chi connectivity index (χ3v) is 3.42. The van der Waals surface area contributed by atoms with E-state index in [4.69, 9.17) is 5.84 Å². The average molecular weight is 264 g/mol. The van der Waals surface area contributed by atoms with Crippen LogP contribution in [0.5, 0.6) is 0 Å². The molecule has 1 aromatic carbocycles. The molecular formula is C12H16N4O3. The van der Waals surface area contributed by atoms with Crippen molar-refractivity contribution in [2.45, 2.75) is 13.3 Å². The Bertz CT molecular complexity index is 518. The number of nitrogens with one attached hydrogen (secondary N) is 2. The smallest absolute Gasteiger partial charge is 0.306 e. The Morgan fingerprint density at radius 1 is 1.58 bits per heavy atom. The molecule has 102 valence electrons. The van der Waals surface area contributed by atoms with Crippen molar-refractivity contribution in [3.63, 3.8) is 0 Å². The first kappa shape index (κ1) is 13.3. The van der Waals surface area contributed by atoms with E-state index >= 15 is 0 Å². The van der Waals surface area contributed by atoms with E-state index in [0.717, 1.165) is 6.42 Å². The lowest BCUT2D eigenvalue weighted by molar-refractivity contribution is -0.384. The van der Waals surface area contributed by atoms with Crippen molar-refractivity contribution in [3.8, 4) is 0 Å². The number of amides is 1. The van der Waals surface area contributed by atoms with Crippen molar-refractivity contribution in [2.75, 3.05) is 12.0 Å². The second-order valence-corrected chi connectivity index (χ2v) is 4.79. The lowest BCUT2D eigenvalue weighted by Gasteiger charge is -2.08. The summed E-state index contributed by atoms with van der Waals surface area (Å²) in [5.74, 6) is 5.88. The number of nitro benzene ring substituents is 1. The number of nitrogen functional groups attached to an aromatic ring is 1. The molecule has 7 nitrogen and oxygen atoms in total. The van der Waals surface area contributed by atoms with Crippen LogP contribution in [0.4, 0.5) is 11.4 Å². The molecule has 19 heavy (non-hydrogen) atoms. The van der Waals surface area contributed by atoms with E-state index in [1.807, 2.05) is 0 Å². The number of carbonyl (C=O) groups excluding carboxylic acids is 1. The predicted octanol–water partition coefficient (Wildman–Crippen LogP) is 1.27. The molecule has 0 heterocycles. The van der Waals surface area contributed by atoms with E-state index in [-0.39, 0.29) is 16.9 Å². The van der Waals surface area contributed by atoms with E-state index in [9.17, 15) is 14.9 Å². The lowest BCUT2D eigenvalue weighted by atomic mass is 10.1. The van der Waals surface area contributed by atoms with Crippen LogP contribution < -0.4 is 16.6 Å². The maximum atomic E-state index is 12.0. The first-order chi connectivity index (χ1) is 9.04. The van der Waals surface area contributed by atoms with Crippen molar-refractivity contribution >= 4 is 17.3 Å². The van der Waals surface area contributed by atoms with Gasteiger partial charge in [-0.15, -0.1) is 0 Å². The molecule has 1 aliphatic rings. The predicted molar refractivity (Wildman–Crippen MR) is 70.5 cm³/mol. The number of rotatable bonds is 5. The zero-order chi connectivity index (χ0) is 14.0. The molecule has 2 rings (SSSR count).